The van der Waals surface area contributed by atoms with Gasteiger partial charge >= 0.3 is 0 Å². The first-order valence-electron chi connectivity index (χ1n) is 6.29. The fourth-order valence-corrected chi connectivity index (χ4v) is 2.97. The highest BCUT2D eigenvalue weighted by Crippen LogP contribution is 2.35. The summed E-state index contributed by atoms with van der Waals surface area (Å²) >= 11 is 0. The van der Waals surface area contributed by atoms with Crippen molar-refractivity contribution in [1.82, 2.24) is 9.78 Å². The predicted octanol–water partition coefficient (Wildman–Crippen LogP) is 3.93. The molecule has 0 amide bonds. The summed E-state index contributed by atoms with van der Waals surface area (Å²) < 4.78 is 2.04. The lowest BCUT2D eigenvalue weighted by Gasteiger charge is -2.17. The number of aromatic nitrogens is 2. The van der Waals surface area contributed by atoms with Crippen LogP contribution in [0.1, 0.15) is 47.7 Å². The van der Waals surface area contributed by atoms with Gasteiger partial charge in [-0.2, -0.15) is 5.10 Å². The van der Waals surface area contributed by atoms with E-state index in [0.29, 0.717) is 5.92 Å². The van der Waals surface area contributed by atoms with E-state index < -0.39 is 0 Å². The van der Waals surface area contributed by atoms with Crippen LogP contribution in [0, 0.1) is 27.7 Å². The van der Waals surface area contributed by atoms with Gasteiger partial charge in [-0.05, 0) is 55.9 Å². The molecular formula is C15H22N2. The van der Waals surface area contributed by atoms with Crippen LogP contribution >= 0.6 is 0 Å². The molecule has 17 heavy (non-hydrogen) atoms. The third kappa shape index (κ3) is 1.58. The summed E-state index contributed by atoms with van der Waals surface area (Å²) in [5.41, 5.74) is 8.13. The molecule has 1 aromatic carbocycles. The zero-order chi connectivity index (χ0) is 12.9. The van der Waals surface area contributed by atoms with Crippen molar-refractivity contribution in [2.45, 2.75) is 47.5 Å². The minimum atomic E-state index is 0.534. The summed E-state index contributed by atoms with van der Waals surface area (Å²) in [6, 6.07) is 0. The van der Waals surface area contributed by atoms with E-state index in [2.05, 4.69) is 53.7 Å². The molecule has 1 heterocycles. The van der Waals surface area contributed by atoms with Crippen molar-refractivity contribution in [3.8, 4) is 0 Å². The summed E-state index contributed by atoms with van der Waals surface area (Å²) in [5.74, 6) is 0.534. The predicted molar refractivity (Wildman–Crippen MR) is 73.8 cm³/mol. The number of benzene rings is 1. The minimum absolute atomic E-state index is 0.534. The molecule has 0 aliphatic rings. The smallest absolute Gasteiger partial charge is 0.0722 e. The molecule has 0 saturated heterocycles. The largest absolute Gasteiger partial charge is 0.267 e. The second kappa shape index (κ2) is 3.86. The standard InChI is InChI=1S/C15H22N2/c1-8(2)13-10(4)9(3)11(5)14-12(6)16-17(7)15(13)14/h8H,1-7H3. The lowest BCUT2D eigenvalue weighted by molar-refractivity contribution is 0.767. The van der Waals surface area contributed by atoms with Crippen molar-refractivity contribution in [2.75, 3.05) is 0 Å². The number of rotatable bonds is 1. The summed E-state index contributed by atoms with van der Waals surface area (Å²) in [6.45, 7) is 13.3. The molecule has 0 radical (unpaired) electrons. The molecule has 2 heteroatoms. The Morgan fingerprint density at radius 2 is 1.53 bits per heavy atom. The van der Waals surface area contributed by atoms with Crippen LogP contribution in [0.15, 0.2) is 0 Å². The lowest BCUT2D eigenvalue weighted by Crippen LogP contribution is -2.02. The van der Waals surface area contributed by atoms with Gasteiger partial charge in [0.15, 0.2) is 0 Å². The van der Waals surface area contributed by atoms with Crippen LogP contribution in [-0.4, -0.2) is 9.78 Å². The molecule has 0 aliphatic heterocycles. The van der Waals surface area contributed by atoms with E-state index in [-0.39, 0.29) is 0 Å². The van der Waals surface area contributed by atoms with Crippen LogP contribution in [0.5, 0.6) is 0 Å². The maximum Gasteiger partial charge on any atom is 0.0722 e. The quantitative estimate of drug-likeness (QED) is 0.725. The van der Waals surface area contributed by atoms with Gasteiger partial charge in [-0.1, -0.05) is 13.8 Å². The zero-order valence-corrected chi connectivity index (χ0v) is 12.0. The van der Waals surface area contributed by atoms with E-state index in [1.165, 1.54) is 33.2 Å². The first kappa shape index (κ1) is 12.2. The molecule has 0 fully saturated rings. The van der Waals surface area contributed by atoms with E-state index in [9.17, 15) is 0 Å². The minimum Gasteiger partial charge on any atom is -0.267 e. The van der Waals surface area contributed by atoms with Crippen LogP contribution in [0.4, 0.5) is 0 Å². The van der Waals surface area contributed by atoms with Crippen molar-refractivity contribution in [2.24, 2.45) is 7.05 Å². The Kier molecular flexibility index (Phi) is 2.76. The van der Waals surface area contributed by atoms with Gasteiger partial charge in [0.25, 0.3) is 0 Å². The first-order valence-corrected chi connectivity index (χ1v) is 6.29. The number of nitrogens with zero attached hydrogens (tertiary/aromatic N) is 2. The number of hydrogen-bond acceptors (Lipinski definition) is 1. The Bertz CT molecular complexity index is 589. The van der Waals surface area contributed by atoms with Crippen molar-refractivity contribution < 1.29 is 0 Å². The zero-order valence-electron chi connectivity index (χ0n) is 12.0. The molecule has 92 valence electrons. The second-order valence-electron chi connectivity index (χ2n) is 5.38. The van der Waals surface area contributed by atoms with Gasteiger partial charge in [0.2, 0.25) is 0 Å². The third-order valence-electron chi connectivity index (χ3n) is 3.96. The molecule has 0 saturated carbocycles. The highest BCUT2D eigenvalue weighted by molar-refractivity contribution is 5.90. The molecule has 1 aromatic heterocycles. The summed E-state index contributed by atoms with van der Waals surface area (Å²) in [6.07, 6.45) is 0. The van der Waals surface area contributed by atoms with Gasteiger partial charge in [0, 0.05) is 12.4 Å². The molecular weight excluding hydrogens is 208 g/mol. The molecule has 0 N–H and O–H groups in total. The normalized spacial score (nSPS) is 11.8. The van der Waals surface area contributed by atoms with Crippen LogP contribution < -0.4 is 0 Å². The van der Waals surface area contributed by atoms with E-state index >= 15 is 0 Å². The Balaban J connectivity index is 3.07. The van der Waals surface area contributed by atoms with E-state index in [1.54, 1.807) is 0 Å². The van der Waals surface area contributed by atoms with Gasteiger partial charge in [-0.3, -0.25) is 4.68 Å². The fraction of sp³-hybridized carbons (Fsp3) is 0.533. The van der Waals surface area contributed by atoms with Gasteiger partial charge in [0.05, 0.1) is 11.2 Å². The summed E-state index contributed by atoms with van der Waals surface area (Å²) in [5, 5.41) is 5.94. The van der Waals surface area contributed by atoms with E-state index in [0.717, 1.165) is 5.69 Å². The van der Waals surface area contributed by atoms with Crippen LogP contribution in [0.25, 0.3) is 10.9 Å². The van der Waals surface area contributed by atoms with Crippen molar-refractivity contribution in [1.29, 1.82) is 0 Å². The molecule has 2 aromatic rings. The van der Waals surface area contributed by atoms with E-state index in [4.69, 9.17) is 0 Å². The molecule has 2 nitrogen and oxygen atoms in total. The topological polar surface area (TPSA) is 17.8 Å². The lowest BCUT2D eigenvalue weighted by atomic mass is 9.88. The maximum atomic E-state index is 4.59. The Hall–Kier alpha value is -1.31. The van der Waals surface area contributed by atoms with E-state index in [1.807, 2.05) is 4.68 Å². The number of hydrogen-bond donors (Lipinski definition) is 0. The fourth-order valence-electron chi connectivity index (χ4n) is 2.97. The SMILES string of the molecule is Cc1c(C)c(C(C)C)c2c(c(C)nn2C)c1C. The molecule has 2 rings (SSSR count). The molecule has 0 atom stereocenters. The number of fused-ring (bicyclic) bond motifs is 1. The highest BCUT2D eigenvalue weighted by Gasteiger charge is 2.19. The van der Waals surface area contributed by atoms with Crippen LogP contribution in [0.2, 0.25) is 0 Å². The van der Waals surface area contributed by atoms with Gasteiger partial charge in [-0.15, -0.1) is 0 Å². The van der Waals surface area contributed by atoms with Crippen molar-refractivity contribution >= 4 is 10.9 Å². The Labute approximate surface area is 104 Å². The monoisotopic (exact) mass is 230 g/mol. The van der Waals surface area contributed by atoms with Crippen molar-refractivity contribution in [3.05, 3.63) is 27.9 Å². The number of aryl methyl sites for hydroxylation is 3. The van der Waals surface area contributed by atoms with Crippen LogP contribution in [0.3, 0.4) is 0 Å². The summed E-state index contributed by atoms with van der Waals surface area (Å²) in [7, 11) is 2.05. The van der Waals surface area contributed by atoms with Gasteiger partial charge in [0.1, 0.15) is 0 Å². The Morgan fingerprint density at radius 3 is 2.06 bits per heavy atom. The average molecular weight is 230 g/mol. The van der Waals surface area contributed by atoms with Crippen molar-refractivity contribution in [3.63, 3.8) is 0 Å². The summed E-state index contributed by atoms with van der Waals surface area (Å²) in [4.78, 5) is 0. The maximum absolute atomic E-state index is 4.59. The molecule has 0 aliphatic carbocycles. The van der Waals surface area contributed by atoms with Gasteiger partial charge in [-0.25, -0.2) is 0 Å². The average Bonchev–Trinajstić information content (AvgIpc) is 2.51. The molecule has 0 bridgehead atoms. The van der Waals surface area contributed by atoms with Crippen LogP contribution in [-0.2, 0) is 7.05 Å². The first-order chi connectivity index (χ1) is 7.86. The molecule has 0 unspecified atom stereocenters. The third-order valence-corrected chi connectivity index (χ3v) is 3.96. The highest BCUT2D eigenvalue weighted by atomic mass is 15.3. The second-order valence-corrected chi connectivity index (χ2v) is 5.38. The van der Waals surface area contributed by atoms with Gasteiger partial charge < -0.3 is 0 Å². The molecule has 0 spiro atoms. The Morgan fingerprint density at radius 1 is 0.941 bits per heavy atom.